The van der Waals surface area contributed by atoms with E-state index < -0.39 is 9.84 Å². The van der Waals surface area contributed by atoms with Crippen molar-refractivity contribution in [3.05, 3.63) is 0 Å². The summed E-state index contributed by atoms with van der Waals surface area (Å²) in [4.78, 5) is 0. The van der Waals surface area contributed by atoms with Crippen molar-refractivity contribution >= 4 is 21.6 Å². The van der Waals surface area contributed by atoms with Gasteiger partial charge in [-0.3, -0.25) is 0 Å². The molecule has 0 aromatic rings. The van der Waals surface area contributed by atoms with E-state index in [0.29, 0.717) is 17.5 Å². The van der Waals surface area contributed by atoms with E-state index in [-0.39, 0.29) is 11.6 Å². The summed E-state index contributed by atoms with van der Waals surface area (Å²) in [5.74, 6) is 3.00. The summed E-state index contributed by atoms with van der Waals surface area (Å²) in [6.07, 6.45) is 5.03. The first-order valence-electron chi connectivity index (χ1n) is 7.25. The molecule has 0 aliphatic carbocycles. The Hall–Kier alpha value is 0.220. The van der Waals surface area contributed by atoms with E-state index in [2.05, 4.69) is 5.32 Å². The molecule has 1 N–H and O–H groups in total. The van der Waals surface area contributed by atoms with Crippen LogP contribution in [0.15, 0.2) is 0 Å². The van der Waals surface area contributed by atoms with E-state index >= 15 is 0 Å². The molecule has 0 aromatic heterocycles. The maximum atomic E-state index is 11.7. The lowest BCUT2D eigenvalue weighted by Crippen LogP contribution is -2.52. The van der Waals surface area contributed by atoms with Crippen molar-refractivity contribution in [3.63, 3.8) is 0 Å². The van der Waals surface area contributed by atoms with Crippen molar-refractivity contribution in [1.29, 1.82) is 0 Å². The molecule has 0 saturated carbocycles. The second-order valence-electron chi connectivity index (χ2n) is 6.14. The van der Waals surface area contributed by atoms with Gasteiger partial charge in [0, 0.05) is 24.4 Å². The largest absolute Gasteiger partial charge is 0.374 e. The molecule has 3 heterocycles. The fourth-order valence-electron chi connectivity index (χ4n) is 3.52. The molecule has 3 saturated heterocycles. The van der Waals surface area contributed by atoms with Gasteiger partial charge in [0.15, 0.2) is 9.84 Å². The van der Waals surface area contributed by atoms with Gasteiger partial charge in [-0.25, -0.2) is 8.42 Å². The molecule has 0 radical (unpaired) electrons. The lowest BCUT2D eigenvalue weighted by Gasteiger charge is -2.40. The molecule has 3 aliphatic heterocycles. The maximum absolute atomic E-state index is 11.7. The molecule has 1 spiro atoms. The molecular weight excluding hydrogens is 282 g/mol. The van der Waals surface area contributed by atoms with Crippen molar-refractivity contribution in [3.8, 4) is 0 Å². The Balaban J connectivity index is 1.57. The Morgan fingerprint density at radius 3 is 2.89 bits per heavy atom. The van der Waals surface area contributed by atoms with Crippen molar-refractivity contribution < 1.29 is 13.2 Å². The summed E-state index contributed by atoms with van der Waals surface area (Å²) in [7, 11) is -2.81. The SMILES string of the molecule is O=S1(=O)CCCC(NC2CCOC3(CCSC3)C2)C1. The summed E-state index contributed by atoms with van der Waals surface area (Å²) >= 11 is 1.98. The monoisotopic (exact) mass is 305 g/mol. The Kier molecular flexibility index (Phi) is 4.13. The zero-order valence-electron chi connectivity index (χ0n) is 11.3. The third-order valence-corrected chi connectivity index (χ3v) is 7.54. The molecule has 0 aromatic carbocycles. The number of hydrogen-bond donors (Lipinski definition) is 1. The van der Waals surface area contributed by atoms with E-state index in [9.17, 15) is 8.42 Å². The van der Waals surface area contributed by atoms with Crippen molar-refractivity contribution in [2.24, 2.45) is 0 Å². The number of thioether (sulfide) groups is 1. The van der Waals surface area contributed by atoms with Crippen LogP contribution in [0, 0.1) is 0 Å². The zero-order valence-corrected chi connectivity index (χ0v) is 12.9. The van der Waals surface area contributed by atoms with E-state index in [4.69, 9.17) is 4.74 Å². The zero-order chi connectivity index (χ0) is 13.3. The highest BCUT2D eigenvalue weighted by Gasteiger charge is 2.41. The molecule has 0 amide bonds. The van der Waals surface area contributed by atoms with Crippen LogP contribution in [-0.2, 0) is 14.6 Å². The minimum atomic E-state index is -2.81. The van der Waals surface area contributed by atoms with Gasteiger partial charge >= 0.3 is 0 Å². The number of sulfone groups is 1. The first-order valence-corrected chi connectivity index (χ1v) is 10.2. The van der Waals surface area contributed by atoms with Gasteiger partial charge in [0.25, 0.3) is 0 Å². The number of nitrogens with one attached hydrogen (secondary N) is 1. The van der Waals surface area contributed by atoms with E-state index in [0.717, 1.165) is 44.5 Å². The van der Waals surface area contributed by atoms with E-state index in [1.807, 2.05) is 11.8 Å². The van der Waals surface area contributed by atoms with Gasteiger partial charge in [-0.15, -0.1) is 0 Å². The summed E-state index contributed by atoms with van der Waals surface area (Å²) in [6.45, 7) is 0.817. The minimum Gasteiger partial charge on any atom is -0.374 e. The lowest BCUT2D eigenvalue weighted by molar-refractivity contribution is -0.0711. The van der Waals surface area contributed by atoms with Crippen LogP contribution in [0.2, 0.25) is 0 Å². The van der Waals surface area contributed by atoms with E-state index in [1.54, 1.807) is 0 Å². The summed E-state index contributed by atoms with van der Waals surface area (Å²) in [5.41, 5.74) is 0.0775. The molecule has 0 bridgehead atoms. The summed E-state index contributed by atoms with van der Waals surface area (Å²) < 4.78 is 29.4. The minimum absolute atomic E-state index is 0.0775. The van der Waals surface area contributed by atoms with Gasteiger partial charge < -0.3 is 10.1 Å². The fourth-order valence-corrected chi connectivity index (χ4v) is 6.55. The summed E-state index contributed by atoms with van der Waals surface area (Å²) in [5, 5.41) is 3.60. The molecule has 4 nitrogen and oxygen atoms in total. The quantitative estimate of drug-likeness (QED) is 0.831. The number of ether oxygens (including phenoxy) is 1. The standard InChI is InChI=1S/C13H23NO3S2/c15-19(16)7-1-2-12(9-19)14-11-3-5-17-13(8-11)4-6-18-10-13/h11-12,14H,1-10H2. The molecule has 3 fully saturated rings. The highest BCUT2D eigenvalue weighted by atomic mass is 32.2. The molecule has 3 rings (SSSR count). The van der Waals surface area contributed by atoms with Gasteiger partial charge in [0.2, 0.25) is 0 Å². The van der Waals surface area contributed by atoms with Crippen molar-refractivity contribution in [2.75, 3.05) is 29.6 Å². The second kappa shape index (κ2) is 5.54. The van der Waals surface area contributed by atoms with E-state index in [1.165, 1.54) is 5.75 Å². The Morgan fingerprint density at radius 1 is 1.26 bits per heavy atom. The first kappa shape index (κ1) is 14.2. The molecular formula is C13H23NO3S2. The van der Waals surface area contributed by atoms with Crippen LogP contribution in [0.1, 0.15) is 32.1 Å². The van der Waals surface area contributed by atoms with Crippen molar-refractivity contribution in [1.82, 2.24) is 5.32 Å². The number of rotatable bonds is 2. The van der Waals surface area contributed by atoms with Gasteiger partial charge in [-0.05, 0) is 37.9 Å². The number of hydrogen-bond acceptors (Lipinski definition) is 5. The van der Waals surface area contributed by atoms with Crippen LogP contribution < -0.4 is 5.32 Å². The molecule has 3 aliphatic rings. The van der Waals surface area contributed by atoms with Crippen LogP contribution in [0.5, 0.6) is 0 Å². The third-order valence-electron chi connectivity index (χ3n) is 4.49. The first-order chi connectivity index (χ1) is 9.07. The van der Waals surface area contributed by atoms with Crippen LogP contribution in [0.25, 0.3) is 0 Å². The topological polar surface area (TPSA) is 55.4 Å². The fraction of sp³-hybridized carbons (Fsp3) is 1.00. The van der Waals surface area contributed by atoms with Crippen LogP contribution >= 0.6 is 11.8 Å². The molecule has 6 heteroatoms. The molecule has 19 heavy (non-hydrogen) atoms. The molecule has 3 unspecified atom stereocenters. The maximum Gasteiger partial charge on any atom is 0.151 e. The predicted octanol–water partition coefficient (Wildman–Crippen LogP) is 1.21. The van der Waals surface area contributed by atoms with Crippen molar-refractivity contribution in [2.45, 2.75) is 49.8 Å². The predicted molar refractivity (Wildman–Crippen MR) is 78.5 cm³/mol. The van der Waals surface area contributed by atoms with Crippen LogP contribution in [0.4, 0.5) is 0 Å². The highest BCUT2D eigenvalue weighted by molar-refractivity contribution is 7.99. The smallest absolute Gasteiger partial charge is 0.151 e. The Bertz CT molecular complexity index is 418. The van der Waals surface area contributed by atoms with Gasteiger partial charge in [0.05, 0.1) is 17.1 Å². The average Bonchev–Trinajstić information content (AvgIpc) is 2.76. The van der Waals surface area contributed by atoms with Crippen LogP contribution in [-0.4, -0.2) is 55.7 Å². The normalized spacial score (nSPS) is 42.5. The van der Waals surface area contributed by atoms with Crippen LogP contribution in [0.3, 0.4) is 0 Å². The third kappa shape index (κ3) is 3.46. The Morgan fingerprint density at radius 2 is 2.16 bits per heavy atom. The van der Waals surface area contributed by atoms with Gasteiger partial charge in [0.1, 0.15) is 0 Å². The summed E-state index contributed by atoms with van der Waals surface area (Å²) in [6, 6.07) is 0.596. The average molecular weight is 305 g/mol. The second-order valence-corrected chi connectivity index (χ2v) is 9.48. The highest BCUT2D eigenvalue weighted by Crippen LogP contribution is 2.38. The molecule has 3 atom stereocenters. The molecule has 110 valence electrons. The van der Waals surface area contributed by atoms with Gasteiger partial charge in [-0.2, -0.15) is 11.8 Å². The Labute approximate surface area is 120 Å². The van der Waals surface area contributed by atoms with Gasteiger partial charge in [-0.1, -0.05) is 0 Å². The lowest BCUT2D eigenvalue weighted by atomic mass is 9.89.